The van der Waals surface area contributed by atoms with Crippen LogP contribution < -0.4 is 11.1 Å². The van der Waals surface area contributed by atoms with Crippen molar-refractivity contribution in [3.8, 4) is 6.07 Å². The number of hydrogen-bond donors (Lipinski definition) is 2. The van der Waals surface area contributed by atoms with Gasteiger partial charge in [-0.2, -0.15) is 5.26 Å². The summed E-state index contributed by atoms with van der Waals surface area (Å²) in [4.78, 5) is 12.4. The summed E-state index contributed by atoms with van der Waals surface area (Å²) in [5.41, 5.74) is 10.1. The minimum absolute atomic E-state index is 0.0208. The Kier molecular flexibility index (Phi) is 3.80. The van der Waals surface area contributed by atoms with Crippen LogP contribution >= 0.6 is 0 Å². The molecule has 0 saturated carbocycles. The van der Waals surface area contributed by atoms with Crippen molar-refractivity contribution in [2.45, 2.75) is 25.3 Å². The molecule has 110 valence electrons. The molecule has 0 unspecified atom stereocenters. The van der Waals surface area contributed by atoms with Gasteiger partial charge < -0.3 is 11.1 Å². The van der Waals surface area contributed by atoms with Crippen LogP contribution in [-0.4, -0.2) is 5.91 Å². The van der Waals surface area contributed by atoms with E-state index in [0.29, 0.717) is 11.1 Å². The van der Waals surface area contributed by atoms with Gasteiger partial charge in [0.15, 0.2) is 0 Å². The third kappa shape index (κ3) is 2.79. The average Bonchev–Trinajstić information content (AvgIpc) is 2.55. The zero-order valence-corrected chi connectivity index (χ0v) is 12.2. The number of aryl methyl sites for hydroxylation is 1. The number of nitrogens with one attached hydrogen (secondary N) is 1. The lowest BCUT2D eigenvalue weighted by atomic mass is 9.87. The Morgan fingerprint density at radius 1 is 1.23 bits per heavy atom. The second-order valence-electron chi connectivity index (χ2n) is 5.57. The predicted octanol–water partition coefficient (Wildman–Crippen LogP) is 2.95. The molecule has 22 heavy (non-hydrogen) atoms. The molecule has 4 nitrogen and oxygen atoms in total. The van der Waals surface area contributed by atoms with E-state index in [9.17, 15) is 4.79 Å². The first kappa shape index (κ1) is 14.2. The molecule has 0 spiro atoms. The Hall–Kier alpha value is -2.80. The molecule has 0 aromatic heterocycles. The van der Waals surface area contributed by atoms with Gasteiger partial charge in [0.25, 0.3) is 5.91 Å². The number of anilines is 1. The van der Waals surface area contributed by atoms with E-state index in [2.05, 4.69) is 5.32 Å². The Morgan fingerprint density at radius 2 is 2.00 bits per heavy atom. The van der Waals surface area contributed by atoms with E-state index < -0.39 is 0 Å². The molecule has 0 bridgehead atoms. The summed E-state index contributed by atoms with van der Waals surface area (Å²) >= 11 is 0. The Morgan fingerprint density at radius 3 is 2.73 bits per heavy atom. The van der Waals surface area contributed by atoms with Crippen LogP contribution in [0.4, 0.5) is 5.69 Å². The van der Waals surface area contributed by atoms with Crippen molar-refractivity contribution in [2.75, 3.05) is 5.73 Å². The van der Waals surface area contributed by atoms with Crippen molar-refractivity contribution in [2.24, 2.45) is 0 Å². The van der Waals surface area contributed by atoms with E-state index in [0.717, 1.165) is 30.5 Å². The quantitative estimate of drug-likeness (QED) is 0.835. The number of nitrogens with two attached hydrogens (primary N) is 1. The number of carbonyl (C=O) groups is 1. The number of hydrogen-bond acceptors (Lipinski definition) is 3. The van der Waals surface area contributed by atoms with E-state index in [-0.39, 0.29) is 11.9 Å². The number of nitrogen functional groups attached to an aromatic ring is 1. The summed E-state index contributed by atoms with van der Waals surface area (Å²) in [6.07, 6.45) is 2.97. The van der Waals surface area contributed by atoms with E-state index in [1.165, 1.54) is 5.56 Å². The number of nitrogens with zero attached hydrogens (tertiary/aromatic N) is 1. The largest absolute Gasteiger partial charge is 0.399 e. The van der Waals surface area contributed by atoms with Crippen LogP contribution in [0.5, 0.6) is 0 Å². The number of carbonyl (C=O) groups excluding carboxylic acids is 1. The summed E-state index contributed by atoms with van der Waals surface area (Å²) in [6.45, 7) is 0. The highest BCUT2D eigenvalue weighted by Gasteiger charge is 2.22. The van der Waals surface area contributed by atoms with Crippen LogP contribution in [0.15, 0.2) is 42.5 Å². The molecular formula is C18H17N3O. The van der Waals surface area contributed by atoms with Crippen LogP contribution in [0.2, 0.25) is 0 Å². The monoisotopic (exact) mass is 291 g/mol. The molecule has 0 radical (unpaired) electrons. The van der Waals surface area contributed by atoms with Crippen LogP contribution in [0, 0.1) is 11.3 Å². The maximum atomic E-state index is 12.4. The molecule has 2 aromatic rings. The summed E-state index contributed by atoms with van der Waals surface area (Å²) in [5.74, 6) is -0.112. The molecule has 3 N–H and O–H groups in total. The minimum atomic E-state index is -0.112. The fraction of sp³-hybridized carbons (Fsp3) is 0.222. The summed E-state index contributed by atoms with van der Waals surface area (Å²) in [7, 11) is 0. The molecule has 2 aromatic carbocycles. The van der Waals surface area contributed by atoms with Gasteiger partial charge in [-0.25, -0.2) is 0 Å². The fourth-order valence-electron chi connectivity index (χ4n) is 2.92. The fourth-order valence-corrected chi connectivity index (χ4v) is 2.92. The zero-order valence-electron chi connectivity index (χ0n) is 12.2. The number of amides is 1. The highest BCUT2D eigenvalue weighted by Crippen LogP contribution is 2.31. The summed E-state index contributed by atoms with van der Waals surface area (Å²) in [6, 6.07) is 14.6. The maximum Gasteiger partial charge on any atom is 0.251 e. The van der Waals surface area contributed by atoms with E-state index in [1.54, 1.807) is 24.3 Å². The van der Waals surface area contributed by atoms with Crippen LogP contribution in [0.3, 0.4) is 0 Å². The van der Waals surface area contributed by atoms with Crippen molar-refractivity contribution < 1.29 is 4.79 Å². The van der Waals surface area contributed by atoms with Crippen molar-refractivity contribution in [1.29, 1.82) is 5.26 Å². The highest BCUT2D eigenvalue weighted by atomic mass is 16.1. The Labute approximate surface area is 129 Å². The molecular weight excluding hydrogens is 274 g/mol. The van der Waals surface area contributed by atoms with Gasteiger partial charge in [0, 0.05) is 11.3 Å². The average molecular weight is 291 g/mol. The topological polar surface area (TPSA) is 78.9 Å². The molecule has 1 aliphatic rings. The molecule has 0 heterocycles. The molecule has 1 atom stereocenters. The molecule has 0 fully saturated rings. The molecule has 4 heteroatoms. The number of nitriles is 1. The van der Waals surface area contributed by atoms with Gasteiger partial charge in [0.05, 0.1) is 17.7 Å². The van der Waals surface area contributed by atoms with Crippen LogP contribution in [0.1, 0.15) is 45.9 Å². The smallest absolute Gasteiger partial charge is 0.251 e. The normalized spacial score (nSPS) is 16.4. The number of benzene rings is 2. The van der Waals surface area contributed by atoms with Crippen molar-refractivity contribution in [3.05, 3.63) is 64.7 Å². The van der Waals surface area contributed by atoms with Crippen LogP contribution in [-0.2, 0) is 6.42 Å². The third-order valence-electron chi connectivity index (χ3n) is 4.06. The third-order valence-corrected chi connectivity index (χ3v) is 4.06. The van der Waals surface area contributed by atoms with Gasteiger partial charge in [0.1, 0.15) is 0 Å². The van der Waals surface area contributed by atoms with Gasteiger partial charge in [-0.15, -0.1) is 0 Å². The lowest BCUT2D eigenvalue weighted by Crippen LogP contribution is -2.31. The number of fused-ring (bicyclic) bond motifs is 1. The Balaban J connectivity index is 1.79. The minimum Gasteiger partial charge on any atom is -0.399 e. The first-order valence-corrected chi connectivity index (χ1v) is 7.36. The summed E-state index contributed by atoms with van der Waals surface area (Å²) < 4.78 is 0. The van der Waals surface area contributed by atoms with E-state index in [4.69, 9.17) is 11.0 Å². The van der Waals surface area contributed by atoms with Gasteiger partial charge in [-0.1, -0.05) is 6.07 Å². The molecule has 1 aliphatic carbocycles. The van der Waals surface area contributed by atoms with Gasteiger partial charge in [0.2, 0.25) is 0 Å². The first-order valence-electron chi connectivity index (χ1n) is 7.36. The first-order chi connectivity index (χ1) is 10.7. The Bertz CT molecular complexity index is 744. The van der Waals surface area contributed by atoms with E-state index >= 15 is 0 Å². The second kappa shape index (κ2) is 5.90. The number of rotatable bonds is 2. The van der Waals surface area contributed by atoms with Gasteiger partial charge in [-0.3, -0.25) is 4.79 Å². The molecule has 0 saturated heterocycles. The second-order valence-corrected chi connectivity index (χ2v) is 5.57. The van der Waals surface area contributed by atoms with Gasteiger partial charge in [-0.05, 0) is 66.8 Å². The van der Waals surface area contributed by atoms with Crippen molar-refractivity contribution in [1.82, 2.24) is 5.32 Å². The van der Waals surface area contributed by atoms with Crippen LogP contribution in [0.25, 0.3) is 0 Å². The molecule has 3 rings (SSSR count). The van der Waals surface area contributed by atoms with Crippen molar-refractivity contribution >= 4 is 11.6 Å². The lowest BCUT2D eigenvalue weighted by molar-refractivity contribution is 0.0933. The van der Waals surface area contributed by atoms with E-state index in [1.807, 2.05) is 24.3 Å². The lowest BCUT2D eigenvalue weighted by Gasteiger charge is -2.26. The SMILES string of the molecule is N#Cc1ccc(C(=O)N[C@@H]2CCCc3cc(N)ccc32)cc1. The molecule has 0 aliphatic heterocycles. The summed E-state index contributed by atoms with van der Waals surface area (Å²) in [5, 5.41) is 11.9. The predicted molar refractivity (Wildman–Crippen MR) is 85.2 cm³/mol. The van der Waals surface area contributed by atoms with Crippen molar-refractivity contribution in [3.63, 3.8) is 0 Å². The molecule has 1 amide bonds. The maximum absolute atomic E-state index is 12.4. The zero-order chi connectivity index (χ0) is 15.5. The standard InChI is InChI=1S/C18H17N3O/c19-11-12-4-6-13(7-5-12)18(22)21-17-3-1-2-14-10-15(20)8-9-16(14)17/h4-10,17H,1-3,20H2,(H,21,22)/t17-/m1/s1. The highest BCUT2D eigenvalue weighted by molar-refractivity contribution is 5.94. The van der Waals surface area contributed by atoms with Gasteiger partial charge >= 0.3 is 0 Å².